The minimum Gasteiger partial charge on any atom is -0.478 e. The van der Waals surface area contributed by atoms with Crippen LogP contribution in [0, 0.1) is 0 Å². The van der Waals surface area contributed by atoms with E-state index in [1.165, 1.54) is 18.5 Å². The summed E-state index contributed by atoms with van der Waals surface area (Å²) >= 11 is 5.89. The molecule has 0 fully saturated rings. The molecule has 0 saturated carbocycles. The lowest BCUT2D eigenvalue weighted by atomic mass is 10.2. The first-order chi connectivity index (χ1) is 9.60. The van der Waals surface area contributed by atoms with Crippen molar-refractivity contribution in [2.24, 2.45) is 0 Å². The van der Waals surface area contributed by atoms with Crippen LogP contribution < -0.4 is 10.1 Å². The van der Waals surface area contributed by atoms with Crippen LogP contribution in [-0.2, 0) is 0 Å². The maximum atomic E-state index is 10.9. The summed E-state index contributed by atoms with van der Waals surface area (Å²) in [6.07, 6.45) is 1.38. The second-order valence-electron chi connectivity index (χ2n) is 3.80. The zero-order valence-corrected chi connectivity index (χ0v) is 11.4. The van der Waals surface area contributed by atoms with Gasteiger partial charge < -0.3 is 15.2 Å². The number of carboxylic acid groups (broad SMARTS) is 1. The molecule has 0 aliphatic heterocycles. The van der Waals surface area contributed by atoms with Gasteiger partial charge in [0.05, 0.1) is 17.2 Å². The van der Waals surface area contributed by atoms with Crippen molar-refractivity contribution in [3.8, 4) is 5.88 Å². The minimum atomic E-state index is -1.07. The van der Waals surface area contributed by atoms with Crippen LogP contribution in [0.25, 0.3) is 0 Å². The third-order valence-corrected chi connectivity index (χ3v) is 2.72. The number of carboxylic acids is 1. The minimum absolute atomic E-state index is 0.0508. The highest BCUT2D eigenvalue weighted by Crippen LogP contribution is 2.23. The molecule has 2 aromatic rings. The van der Waals surface area contributed by atoms with E-state index in [2.05, 4.69) is 15.3 Å². The number of rotatable bonds is 5. The molecule has 0 saturated heterocycles. The zero-order chi connectivity index (χ0) is 14.5. The molecule has 0 spiro atoms. The Hall–Kier alpha value is -2.34. The van der Waals surface area contributed by atoms with Crippen LogP contribution in [0.3, 0.4) is 0 Å². The van der Waals surface area contributed by atoms with E-state index in [1.54, 1.807) is 12.1 Å². The Morgan fingerprint density at radius 1 is 1.40 bits per heavy atom. The standard InChI is InChI=1S/C13H12ClN3O3/c1-2-20-12-6-11(15-7-16-12)17-8-3-4-9(13(18)19)10(14)5-8/h3-7H,2H2,1H3,(H,18,19)(H,15,16,17). The summed E-state index contributed by atoms with van der Waals surface area (Å²) < 4.78 is 5.26. The Labute approximate surface area is 120 Å². The highest BCUT2D eigenvalue weighted by Gasteiger charge is 2.09. The molecule has 20 heavy (non-hydrogen) atoms. The van der Waals surface area contributed by atoms with Gasteiger partial charge in [-0.1, -0.05) is 11.6 Å². The predicted octanol–water partition coefficient (Wildman–Crippen LogP) is 2.97. The molecular weight excluding hydrogens is 282 g/mol. The Bertz CT molecular complexity index is 634. The second kappa shape index (κ2) is 6.21. The maximum absolute atomic E-state index is 10.9. The number of hydrogen-bond donors (Lipinski definition) is 2. The average molecular weight is 294 g/mol. The molecule has 0 unspecified atom stereocenters. The molecule has 0 amide bonds. The predicted molar refractivity (Wildman–Crippen MR) is 74.9 cm³/mol. The van der Waals surface area contributed by atoms with Crippen molar-refractivity contribution in [2.75, 3.05) is 11.9 Å². The SMILES string of the molecule is CCOc1cc(Nc2ccc(C(=O)O)c(Cl)c2)ncn1. The first-order valence-corrected chi connectivity index (χ1v) is 6.22. The number of aromatic nitrogens is 2. The Balaban J connectivity index is 2.19. The second-order valence-corrected chi connectivity index (χ2v) is 4.21. The summed E-state index contributed by atoms with van der Waals surface area (Å²) in [5, 5.41) is 12.1. The molecule has 2 N–H and O–H groups in total. The van der Waals surface area contributed by atoms with E-state index in [4.69, 9.17) is 21.4 Å². The van der Waals surface area contributed by atoms with E-state index in [0.717, 1.165) is 0 Å². The maximum Gasteiger partial charge on any atom is 0.337 e. The summed E-state index contributed by atoms with van der Waals surface area (Å²) in [7, 11) is 0. The molecule has 0 radical (unpaired) electrons. The van der Waals surface area contributed by atoms with Gasteiger partial charge in [-0.25, -0.2) is 14.8 Å². The first-order valence-electron chi connectivity index (χ1n) is 5.85. The summed E-state index contributed by atoms with van der Waals surface area (Å²) in [6, 6.07) is 6.20. The monoisotopic (exact) mass is 293 g/mol. The van der Waals surface area contributed by atoms with Crippen LogP contribution in [0.5, 0.6) is 5.88 Å². The molecule has 7 heteroatoms. The van der Waals surface area contributed by atoms with E-state index in [9.17, 15) is 4.79 Å². The molecule has 2 rings (SSSR count). The van der Waals surface area contributed by atoms with Gasteiger partial charge in [0, 0.05) is 11.8 Å². The van der Waals surface area contributed by atoms with Gasteiger partial charge in [0.1, 0.15) is 12.1 Å². The molecule has 104 valence electrons. The van der Waals surface area contributed by atoms with Crippen molar-refractivity contribution in [3.63, 3.8) is 0 Å². The number of nitrogens with one attached hydrogen (secondary N) is 1. The molecular formula is C13H12ClN3O3. The molecule has 1 heterocycles. The number of benzene rings is 1. The number of aromatic carboxylic acids is 1. The van der Waals surface area contributed by atoms with E-state index in [-0.39, 0.29) is 10.6 Å². The highest BCUT2D eigenvalue weighted by atomic mass is 35.5. The summed E-state index contributed by atoms with van der Waals surface area (Å²) in [4.78, 5) is 18.9. The smallest absolute Gasteiger partial charge is 0.337 e. The van der Waals surface area contributed by atoms with E-state index in [0.29, 0.717) is 24.0 Å². The van der Waals surface area contributed by atoms with Gasteiger partial charge >= 0.3 is 5.97 Å². The Kier molecular flexibility index (Phi) is 4.37. The number of halogens is 1. The summed E-state index contributed by atoms with van der Waals surface area (Å²) in [5.74, 6) is -0.0805. The van der Waals surface area contributed by atoms with Gasteiger partial charge in [0.15, 0.2) is 0 Å². The van der Waals surface area contributed by atoms with Gasteiger partial charge in [-0.2, -0.15) is 0 Å². The fourth-order valence-electron chi connectivity index (χ4n) is 1.55. The van der Waals surface area contributed by atoms with Crippen LogP contribution in [0.15, 0.2) is 30.6 Å². The Morgan fingerprint density at radius 2 is 2.20 bits per heavy atom. The molecule has 0 bridgehead atoms. The average Bonchev–Trinajstić information content (AvgIpc) is 2.39. The van der Waals surface area contributed by atoms with E-state index >= 15 is 0 Å². The van der Waals surface area contributed by atoms with Crippen LogP contribution in [-0.4, -0.2) is 27.7 Å². The van der Waals surface area contributed by atoms with Gasteiger partial charge in [0.25, 0.3) is 0 Å². The fraction of sp³-hybridized carbons (Fsp3) is 0.154. The van der Waals surface area contributed by atoms with Gasteiger partial charge in [-0.05, 0) is 25.1 Å². The van der Waals surface area contributed by atoms with Crippen molar-refractivity contribution < 1.29 is 14.6 Å². The first kappa shape index (κ1) is 14.1. The van der Waals surface area contributed by atoms with Crippen LogP contribution in [0.1, 0.15) is 17.3 Å². The van der Waals surface area contributed by atoms with Crippen LogP contribution in [0.2, 0.25) is 5.02 Å². The lowest BCUT2D eigenvalue weighted by Gasteiger charge is -2.08. The summed E-state index contributed by atoms with van der Waals surface area (Å²) in [5.41, 5.74) is 0.677. The molecule has 0 aliphatic rings. The van der Waals surface area contributed by atoms with Gasteiger partial charge in [-0.15, -0.1) is 0 Å². The van der Waals surface area contributed by atoms with Gasteiger partial charge in [0.2, 0.25) is 5.88 Å². The van der Waals surface area contributed by atoms with Crippen molar-refractivity contribution in [2.45, 2.75) is 6.92 Å². The fourth-order valence-corrected chi connectivity index (χ4v) is 1.81. The number of anilines is 2. The number of carbonyl (C=O) groups is 1. The molecule has 6 nitrogen and oxygen atoms in total. The van der Waals surface area contributed by atoms with E-state index < -0.39 is 5.97 Å². The number of hydrogen-bond acceptors (Lipinski definition) is 5. The lowest BCUT2D eigenvalue weighted by molar-refractivity contribution is 0.0697. The topological polar surface area (TPSA) is 84.3 Å². The highest BCUT2D eigenvalue weighted by molar-refractivity contribution is 6.33. The van der Waals surface area contributed by atoms with E-state index in [1.807, 2.05) is 6.92 Å². The molecule has 0 atom stereocenters. The Morgan fingerprint density at radius 3 is 2.85 bits per heavy atom. The third-order valence-electron chi connectivity index (χ3n) is 2.41. The largest absolute Gasteiger partial charge is 0.478 e. The number of nitrogens with zero attached hydrogens (tertiary/aromatic N) is 2. The number of ether oxygens (including phenoxy) is 1. The van der Waals surface area contributed by atoms with Crippen molar-refractivity contribution in [3.05, 3.63) is 41.2 Å². The van der Waals surface area contributed by atoms with Gasteiger partial charge in [-0.3, -0.25) is 0 Å². The molecule has 0 aliphatic carbocycles. The molecule has 1 aromatic carbocycles. The van der Waals surface area contributed by atoms with Crippen molar-refractivity contribution >= 4 is 29.1 Å². The van der Waals surface area contributed by atoms with Crippen molar-refractivity contribution in [1.29, 1.82) is 0 Å². The summed E-state index contributed by atoms with van der Waals surface area (Å²) in [6.45, 7) is 2.37. The quantitative estimate of drug-likeness (QED) is 0.881. The van der Waals surface area contributed by atoms with Crippen LogP contribution in [0.4, 0.5) is 11.5 Å². The van der Waals surface area contributed by atoms with Crippen molar-refractivity contribution in [1.82, 2.24) is 9.97 Å². The third kappa shape index (κ3) is 3.36. The zero-order valence-electron chi connectivity index (χ0n) is 10.6. The lowest BCUT2D eigenvalue weighted by Crippen LogP contribution is -2.00. The molecule has 1 aromatic heterocycles. The normalized spacial score (nSPS) is 10.1. The van der Waals surface area contributed by atoms with Crippen LogP contribution >= 0.6 is 11.6 Å².